The summed E-state index contributed by atoms with van der Waals surface area (Å²) in [4.78, 5) is 12.2. The second-order valence-corrected chi connectivity index (χ2v) is 7.47. The first-order valence-electron chi connectivity index (χ1n) is 7.68. The SMILES string of the molecule is Cl.NC12CCC(NC(=O)COc3ccc(Cl)c(Cl)c3)(CC1)[C@H](O)C2. The normalized spacial score (nSPS) is 31.2. The summed E-state index contributed by atoms with van der Waals surface area (Å²) in [6.45, 7) is -0.139. The smallest absolute Gasteiger partial charge is 0.258 e. The molecule has 2 bridgehead atoms. The van der Waals surface area contributed by atoms with E-state index < -0.39 is 11.6 Å². The zero-order chi connectivity index (χ0) is 16.7. The highest BCUT2D eigenvalue weighted by Crippen LogP contribution is 2.45. The molecule has 1 aromatic carbocycles. The summed E-state index contributed by atoms with van der Waals surface area (Å²) in [5.74, 6) is 0.211. The van der Waals surface area contributed by atoms with Crippen molar-refractivity contribution in [2.75, 3.05) is 6.61 Å². The predicted molar refractivity (Wildman–Crippen MR) is 96.1 cm³/mol. The molecule has 0 unspecified atom stereocenters. The standard InChI is InChI=1S/C16H20Cl2N2O3.ClH/c17-11-2-1-10(7-12(11)18)23-9-14(22)20-16-5-3-15(19,4-6-16)8-13(16)21;/h1-2,7,13,21H,3-6,8-9,19H2,(H,20,22);1H/t13-,15?,16?;/m1./s1. The van der Waals surface area contributed by atoms with E-state index in [1.807, 2.05) is 0 Å². The number of fused-ring (bicyclic) bond motifs is 3. The van der Waals surface area contributed by atoms with E-state index in [0.29, 0.717) is 35.1 Å². The third kappa shape index (κ3) is 3.92. The number of aliphatic hydroxyl groups excluding tert-OH is 1. The van der Waals surface area contributed by atoms with E-state index in [9.17, 15) is 9.90 Å². The Morgan fingerprint density at radius 3 is 2.54 bits per heavy atom. The minimum absolute atomic E-state index is 0. The van der Waals surface area contributed by atoms with Crippen molar-refractivity contribution in [2.45, 2.75) is 49.3 Å². The van der Waals surface area contributed by atoms with Crippen molar-refractivity contribution in [3.63, 3.8) is 0 Å². The van der Waals surface area contributed by atoms with Crippen LogP contribution in [-0.2, 0) is 4.79 Å². The highest BCUT2D eigenvalue weighted by Gasteiger charge is 2.53. The van der Waals surface area contributed by atoms with Gasteiger partial charge in [-0.3, -0.25) is 4.79 Å². The number of aliphatic hydroxyl groups is 1. The molecule has 5 nitrogen and oxygen atoms in total. The number of ether oxygens (including phenoxy) is 1. The average Bonchev–Trinajstić information content (AvgIpc) is 2.50. The number of rotatable bonds is 4. The van der Waals surface area contributed by atoms with Crippen LogP contribution in [0.25, 0.3) is 0 Å². The summed E-state index contributed by atoms with van der Waals surface area (Å²) in [5, 5.41) is 14.1. The molecular weight excluding hydrogens is 375 g/mol. The van der Waals surface area contributed by atoms with E-state index in [4.69, 9.17) is 33.7 Å². The lowest BCUT2D eigenvalue weighted by atomic mass is 9.60. The first kappa shape index (κ1) is 19.6. The third-order valence-electron chi connectivity index (χ3n) is 5.03. The maximum absolute atomic E-state index is 12.2. The second kappa shape index (κ2) is 7.26. The molecule has 8 heteroatoms. The third-order valence-corrected chi connectivity index (χ3v) is 5.76. The molecule has 3 aliphatic carbocycles. The van der Waals surface area contributed by atoms with Gasteiger partial charge >= 0.3 is 0 Å². The van der Waals surface area contributed by atoms with Crippen LogP contribution in [0.5, 0.6) is 5.75 Å². The van der Waals surface area contributed by atoms with Crippen molar-refractivity contribution in [1.29, 1.82) is 0 Å². The minimum atomic E-state index is -0.607. The molecule has 4 rings (SSSR count). The fourth-order valence-corrected chi connectivity index (χ4v) is 3.84. The quantitative estimate of drug-likeness (QED) is 0.732. The molecule has 3 aliphatic rings. The maximum atomic E-state index is 12.2. The van der Waals surface area contributed by atoms with Crippen LogP contribution in [-0.4, -0.2) is 34.8 Å². The Labute approximate surface area is 157 Å². The molecule has 3 saturated carbocycles. The number of nitrogens with one attached hydrogen (secondary N) is 1. The van der Waals surface area contributed by atoms with Crippen LogP contribution < -0.4 is 15.8 Å². The van der Waals surface area contributed by atoms with Gasteiger partial charge in [-0.1, -0.05) is 23.2 Å². The van der Waals surface area contributed by atoms with Crippen LogP contribution >= 0.6 is 35.6 Å². The van der Waals surface area contributed by atoms with Crippen LogP contribution in [0.1, 0.15) is 32.1 Å². The molecule has 24 heavy (non-hydrogen) atoms. The lowest BCUT2D eigenvalue weighted by Gasteiger charge is -2.54. The number of carbonyl (C=O) groups excluding carboxylic acids is 1. The lowest BCUT2D eigenvalue weighted by Crippen LogP contribution is -2.69. The summed E-state index contributed by atoms with van der Waals surface area (Å²) in [6, 6.07) is 4.83. The van der Waals surface area contributed by atoms with Gasteiger partial charge in [0, 0.05) is 11.6 Å². The minimum Gasteiger partial charge on any atom is -0.484 e. The monoisotopic (exact) mass is 394 g/mol. The highest BCUT2D eigenvalue weighted by molar-refractivity contribution is 6.42. The van der Waals surface area contributed by atoms with E-state index in [2.05, 4.69) is 5.32 Å². The van der Waals surface area contributed by atoms with Crippen LogP contribution in [0.2, 0.25) is 10.0 Å². The predicted octanol–water partition coefficient (Wildman–Crippen LogP) is 2.69. The van der Waals surface area contributed by atoms with E-state index >= 15 is 0 Å². The average molecular weight is 396 g/mol. The molecular formula is C16H21Cl3N2O3. The van der Waals surface area contributed by atoms with Gasteiger partial charge in [-0.25, -0.2) is 0 Å². The zero-order valence-electron chi connectivity index (χ0n) is 13.1. The summed E-state index contributed by atoms with van der Waals surface area (Å²) in [5.41, 5.74) is 5.37. The molecule has 0 heterocycles. The Morgan fingerprint density at radius 2 is 1.96 bits per heavy atom. The Balaban J connectivity index is 0.00000208. The summed E-state index contributed by atoms with van der Waals surface area (Å²) < 4.78 is 5.44. The second-order valence-electron chi connectivity index (χ2n) is 6.65. The van der Waals surface area contributed by atoms with E-state index in [-0.39, 0.29) is 30.5 Å². The largest absolute Gasteiger partial charge is 0.484 e. The topological polar surface area (TPSA) is 84.6 Å². The molecule has 4 N–H and O–H groups in total. The number of benzene rings is 1. The molecule has 0 saturated heterocycles. The van der Waals surface area contributed by atoms with Crippen LogP contribution in [0.4, 0.5) is 0 Å². The van der Waals surface area contributed by atoms with Crippen molar-refractivity contribution >= 4 is 41.5 Å². The molecule has 1 aromatic rings. The van der Waals surface area contributed by atoms with Gasteiger partial charge in [0.2, 0.25) is 0 Å². The molecule has 0 aliphatic heterocycles. The van der Waals surface area contributed by atoms with E-state index in [0.717, 1.165) is 12.8 Å². The van der Waals surface area contributed by atoms with Crippen molar-refractivity contribution in [3.8, 4) is 5.75 Å². The van der Waals surface area contributed by atoms with Gasteiger partial charge in [0.15, 0.2) is 6.61 Å². The Morgan fingerprint density at radius 1 is 1.29 bits per heavy atom. The number of hydrogen-bond donors (Lipinski definition) is 3. The van der Waals surface area contributed by atoms with Crippen molar-refractivity contribution in [1.82, 2.24) is 5.32 Å². The number of halogens is 3. The van der Waals surface area contributed by atoms with Gasteiger partial charge in [-0.15, -0.1) is 12.4 Å². The van der Waals surface area contributed by atoms with Crippen LogP contribution in [0.15, 0.2) is 18.2 Å². The maximum Gasteiger partial charge on any atom is 0.258 e. The summed E-state index contributed by atoms with van der Waals surface area (Å²) in [6.07, 6.45) is 2.95. The Hall–Kier alpha value is -0.720. The summed E-state index contributed by atoms with van der Waals surface area (Å²) >= 11 is 11.7. The van der Waals surface area contributed by atoms with Crippen molar-refractivity contribution in [2.24, 2.45) is 5.73 Å². The van der Waals surface area contributed by atoms with Gasteiger partial charge < -0.3 is 20.9 Å². The molecule has 0 aromatic heterocycles. The number of nitrogens with two attached hydrogens (primary N) is 1. The first-order chi connectivity index (χ1) is 10.8. The number of amides is 1. The van der Waals surface area contributed by atoms with Crippen LogP contribution in [0, 0.1) is 0 Å². The van der Waals surface area contributed by atoms with Gasteiger partial charge in [0.05, 0.1) is 21.7 Å². The van der Waals surface area contributed by atoms with E-state index in [1.54, 1.807) is 18.2 Å². The Kier molecular flexibility index (Phi) is 5.93. The van der Waals surface area contributed by atoms with E-state index in [1.165, 1.54) is 0 Å². The molecule has 1 atom stereocenters. The van der Waals surface area contributed by atoms with Crippen LogP contribution in [0.3, 0.4) is 0 Å². The molecule has 134 valence electrons. The molecule has 0 spiro atoms. The fraction of sp³-hybridized carbons (Fsp3) is 0.562. The van der Waals surface area contributed by atoms with Gasteiger partial charge in [-0.05, 0) is 44.2 Å². The zero-order valence-corrected chi connectivity index (χ0v) is 15.4. The molecule has 0 radical (unpaired) electrons. The highest BCUT2D eigenvalue weighted by atomic mass is 35.5. The van der Waals surface area contributed by atoms with Gasteiger partial charge in [-0.2, -0.15) is 0 Å². The van der Waals surface area contributed by atoms with Gasteiger partial charge in [0.1, 0.15) is 5.75 Å². The Bertz CT molecular complexity index is 619. The first-order valence-corrected chi connectivity index (χ1v) is 8.43. The van der Waals surface area contributed by atoms with Crippen molar-refractivity contribution in [3.05, 3.63) is 28.2 Å². The number of hydrogen-bond acceptors (Lipinski definition) is 4. The molecule has 1 amide bonds. The summed E-state index contributed by atoms with van der Waals surface area (Å²) in [7, 11) is 0. The molecule has 3 fully saturated rings. The number of carbonyl (C=O) groups is 1. The van der Waals surface area contributed by atoms with Gasteiger partial charge in [0.25, 0.3) is 5.91 Å². The van der Waals surface area contributed by atoms with Crippen molar-refractivity contribution < 1.29 is 14.6 Å². The lowest BCUT2D eigenvalue weighted by molar-refractivity contribution is -0.131. The fourth-order valence-electron chi connectivity index (χ4n) is 3.55.